The van der Waals surface area contributed by atoms with E-state index >= 15 is 0 Å². The molecule has 0 aromatic carbocycles. The van der Waals surface area contributed by atoms with Gasteiger partial charge in [-0.15, -0.1) is 24.8 Å². The molecule has 1 aliphatic rings. The van der Waals surface area contributed by atoms with Crippen molar-refractivity contribution >= 4 is 36.4 Å². The van der Waals surface area contributed by atoms with Crippen molar-refractivity contribution in [3.8, 4) is 5.88 Å². The highest BCUT2D eigenvalue weighted by molar-refractivity contribution is 5.92. The average Bonchev–Trinajstić information content (AvgIpc) is 2.93. The molecule has 0 saturated heterocycles. The first kappa shape index (κ1) is 23.7. The fraction of sp³-hybridized carbons (Fsp3) is 0.571. The molecule has 1 saturated carbocycles. The minimum atomic E-state index is -4.24. The number of halogens is 6. The topological polar surface area (TPSA) is 77.2 Å². The Kier molecular flexibility index (Phi) is 9.45. The smallest absolute Gasteiger partial charge is 0.340 e. The summed E-state index contributed by atoms with van der Waals surface area (Å²) in [6, 6.07) is 2.64. The summed E-state index contributed by atoms with van der Waals surface area (Å²) >= 11 is 0. The largest absolute Gasteiger partial charge is 0.471 e. The summed E-state index contributed by atoms with van der Waals surface area (Å²) in [6.07, 6.45) is -0.476. The third-order valence-corrected chi connectivity index (χ3v) is 3.58. The molecule has 0 radical (unpaired) electrons. The maximum atomic E-state index is 12.7. The highest BCUT2D eigenvalue weighted by Gasteiger charge is 2.41. The van der Waals surface area contributed by atoms with Gasteiger partial charge >= 0.3 is 12.3 Å². The van der Waals surface area contributed by atoms with Crippen molar-refractivity contribution in [1.82, 2.24) is 4.98 Å². The third kappa shape index (κ3) is 6.83. The van der Waals surface area contributed by atoms with Crippen LogP contribution in [-0.2, 0) is 4.79 Å². The molecular weight excluding hydrogens is 389 g/mol. The molecule has 2 rings (SSSR count). The highest BCUT2D eigenvalue weighted by atomic mass is 35.5. The number of carbonyl (C=O) groups excluding carboxylic acids is 1. The zero-order valence-electron chi connectivity index (χ0n) is 13.0. The van der Waals surface area contributed by atoms with Gasteiger partial charge in [0.15, 0.2) is 6.61 Å². The van der Waals surface area contributed by atoms with Gasteiger partial charge in [-0.2, -0.15) is 8.78 Å². The van der Waals surface area contributed by atoms with Crippen molar-refractivity contribution in [3.05, 3.63) is 18.3 Å². The molecule has 0 aliphatic heterocycles. The SMILES string of the molecule is Cl.Cl.NC1CCC(C(=O)Nc2ccc(OCC(F)(F)C(F)F)nc2)C1. The van der Waals surface area contributed by atoms with Gasteiger partial charge in [0.05, 0.1) is 11.9 Å². The van der Waals surface area contributed by atoms with E-state index in [0.717, 1.165) is 6.42 Å². The van der Waals surface area contributed by atoms with Crippen molar-refractivity contribution in [1.29, 1.82) is 0 Å². The van der Waals surface area contributed by atoms with E-state index in [9.17, 15) is 22.4 Å². The van der Waals surface area contributed by atoms with Crippen LogP contribution in [0.1, 0.15) is 19.3 Å². The summed E-state index contributed by atoms with van der Waals surface area (Å²) in [4.78, 5) is 15.7. The lowest BCUT2D eigenvalue weighted by molar-refractivity contribution is -0.148. The first-order chi connectivity index (χ1) is 10.8. The summed E-state index contributed by atoms with van der Waals surface area (Å²) in [5, 5.41) is 2.64. The van der Waals surface area contributed by atoms with Gasteiger partial charge in [0.2, 0.25) is 11.8 Å². The predicted molar refractivity (Wildman–Crippen MR) is 89.1 cm³/mol. The number of ether oxygens (including phenoxy) is 1. The highest BCUT2D eigenvalue weighted by Crippen LogP contribution is 2.26. The summed E-state index contributed by atoms with van der Waals surface area (Å²) in [5.41, 5.74) is 6.11. The van der Waals surface area contributed by atoms with Gasteiger partial charge in [0.25, 0.3) is 0 Å². The quantitative estimate of drug-likeness (QED) is 0.709. The summed E-state index contributed by atoms with van der Waals surface area (Å²) in [7, 11) is 0. The first-order valence-corrected chi connectivity index (χ1v) is 7.09. The van der Waals surface area contributed by atoms with Crippen molar-refractivity contribution in [2.24, 2.45) is 11.7 Å². The molecule has 25 heavy (non-hydrogen) atoms. The van der Waals surface area contributed by atoms with Gasteiger partial charge < -0.3 is 15.8 Å². The zero-order valence-corrected chi connectivity index (χ0v) is 14.6. The van der Waals surface area contributed by atoms with E-state index in [1.165, 1.54) is 18.3 Å². The Morgan fingerprint density at radius 2 is 2.04 bits per heavy atom. The molecular formula is C14H19Cl2F4N3O2. The van der Waals surface area contributed by atoms with E-state index in [1.54, 1.807) is 0 Å². The Morgan fingerprint density at radius 1 is 1.36 bits per heavy atom. The van der Waals surface area contributed by atoms with Gasteiger partial charge in [-0.3, -0.25) is 4.79 Å². The van der Waals surface area contributed by atoms with Crippen LogP contribution in [0.3, 0.4) is 0 Å². The van der Waals surface area contributed by atoms with Gasteiger partial charge in [-0.25, -0.2) is 13.8 Å². The van der Waals surface area contributed by atoms with Crippen LogP contribution in [0.2, 0.25) is 0 Å². The molecule has 1 aromatic rings. The number of amides is 1. The fourth-order valence-electron chi connectivity index (χ4n) is 2.27. The molecule has 144 valence electrons. The molecule has 1 heterocycles. The third-order valence-electron chi connectivity index (χ3n) is 3.58. The van der Waals surface area contributed by atoms with Crippen molar-refractivity contribution in [2.75, 3.05) is 11.9 Å². The van der Waals surface area contributed by atoms with Crippen LogP contribution in [0.5, 0.6) is 5.88 Å². The van der Waals surface area contributed by atoms with E-state index in [2.05, 4.69) is 15.0 Å². The van der Waals surface area contributed by atoms with Gasteiger partial charge in [0.1, 0.15) is 0 Å². The molecule has 0 spiro atoms. The van der Waals surface area contributed by atoms with Crippen molar-refractivity contribution in [3.63, 3.8) is 0 Å². The molecule has 1 fully saturated rings. The standard InChI is InChI=1S/C14H17F4N3O2.2ClH/c15-13(16)14(17,18)7-23-11-4-3-10(6-20-11)21-12(22)8-1-2-9(19)5-8;;/h3-4,6,8-9,13H,1-2,5,7,19H2,(H,21,22);2*1H. The number of aromatic nitrogens is 1. The van der Waals surface area contributed by atoms with Gasteiger partial charge in [0, 0.05) is 18.0 Å². The second-order valence-electron chi connectivity index (χ2n) is 5.49. The van der Waals surface area contributed by atoms with E-state index in [4.69, 9.17) is 5.73 Å². The zero-order chi connectivity index (χ0) is 17.0. The van der Waals surface area contributed by atoms with Crippen LogP contribution in [0, 0.1) is 5.92 Å². The van der Waals surface area contributed by atoms with Crippen LogP contribution >= 0.6 is 24.8 Å². The van der Waals surface area contributed by atoms with Crippen LogP contribution in [0.15, 0.2) is 18.3 Å². The molecule has 2 atom stereocenters. The van der Waals surface area contributed by atoms with E-state index < -0.39 is 19.0 Å². The van der Waals surface area contributed by atoms with Crippen LogP contribution in [0.4, 0.5) is 23.2 Å². The predicted octanol–water partition coefficient (Wildman–Crippen LogP) is 3.27. The number of nitrogens with two attached hydrogens (primary N) is 1. The van der Waals surface area contributed by atoms with E-state index in [1.807, 2.05) is 0 Å². The molecule has 1 aromatic heterocycles. The lowest BCUT2D eigenvalue weighted by Crippen LogP contribution is -2.33. The lowest BCUT2D eigenvalue weighted by Gasteiger charge is -2.15. The van der Waals surface area contributed by atoms with Crippen LogP contribution in [0.25, 0.3) is 0 Å². The Bertz CT molecular complexity index is 549. The number of hydrogen-bond donors (Lipinski definition) is 2. The number of anilines is 1. The lowest BCUT2D eigenvalue weighted by atomic mass is 10.1. The molecule has 1 amide bonds. The normalized spacial score (nSPS) is 19.8. The Balaban J connectivity index is 0.00000288. The monoisotopic (exact) mass is 407 g/mol. The van der Waals surface area contributed by atoms with E-state index in [0.29, 0.717) is 18.5 Å². The fourth-order valence-corrected chi connectivity index (χ4v) is 2.27. The maximum Gasteiger partial charge on any atom is 0.340 e. The second-order valence-corrected chi connectivity index (χ2v) is 5.49. The number of hydrogen-bond acceptors (Lipinski definition) is 4. The minimum Gasteiger partial charge on any atom is -0.471 e. The molecule has 5 nitrogen and oxygen atoms in total. The maximum absolute atomic E-state index is 12.7. The molecule has 2 unspecified atom stereocenters. The Hall–Kier alpha value is -1.32. The number of carbonyl (C=O) groups is 1. The summed E-state index contributed by atoms with van der Waals surface area (Å²) in [5.74, 6) is -4.81. The summed E-state index contributed by atoms with van der Waals surface area (Å²) < 4.78 is 54.0. The van der Waals surface area contributed by atoms with Gasteiger partial charge in [-0.1, -0.05) is 0 Å². The molecule has 3 N–H and O–H groups in total. The van der Waals surface area contributed by atoms with Crippen molar-refractivity contribution in [2.45, 2.75) is 37.7 Å². The summed E-state index contributed by atoms with van der Waals surface area (Å²) in [6.45, 7) is -1.47. The van der Waals surface area contributed by atoms with Crippen LogP contribution < -0.4 is 15.8 Å². The van der Waals surface area contributed by atoms with Crippen molar-refractivity contribution < 1.29 is 27.1 Å². The number of pyridine rings is 1. The number of nitrogens with one attached hydrogen (secondary N) is 1. The Morgan fingerprint density at radius 3 is 2.52 bits per heavy atom. The Labute approximate surface area is 154 Å². The number of alkyl halides is 4. The molecule has 0 bridgehead atoms. The molecule has 11 heteroatoms. The molecule has 1 aliphatic carbocycles. The number of nitrogens with zero attached hydrogens (tertiary/aromatic N) is 1. The first-order valence-electron chi connectivity index (χ1n) is 7.09. The van der Waals surface area contributed by atoms with Crippen LogP contribution in [-0.4, -0.2) is 35.9 Å². The second kappa shape index (κ2) is 9.98. The van der Waals surface area contributed by atoms with Gasteiger partial charge in [-0.05, 0) is 25.3 Å². The average molecular weight is 408 g/mol. The minimum absolute atomic E-state index is 0. The van der Waals surface area contributed by atoms with E-state index in [-0.39, 0.29) is 48.6 Å². The number of rotatable bonds is 6.